The molecule has 0 aliphatic heterocycles. The van der Waals surface area contributed by atoms with Gasteiger partial charge >= 0.3 is 0 Å². The zero-order chi connectivity index (χ0) is 21.6. The average Bonchev–Trinajstić information content (AvgIpc) is 3.23. The minimum atomic E-state index is -3.68. The van der Waals surface area contributed by atoms with E-state index in [9.17, 15) is 17.6 Å². The van der Waals surface area contributed by atoms with Crippen molar-refractivity contribution in [3.63, 3.8) is 0 Å². The molecular formula is C20H22FN5O3S. The van der Waals surface area contributed by atoms with Gasteiger partial charge in [0.2, 0.25) is 15.9 Å². The van der Waals surface area contributed by atoms with Crippen molar-refractivity contribution in [2.45, 2.75) is 31.3 Å². The molecule has 0 radical (unpaired) electrons. The first-order chi connectivity index (χ1) is 14.3. The van der Waals surface area contributed by atoms with E-state index >= 15 is 0 Å². The molecule has 8 nitrogen and oxygen atoms in total. The van der Waals surface area contributed by atoms with Gasteiger partial charge in [0.1, 0.15) is 18.5 Å². The number of aromatic nitrogens is 3. The molecule has 0 atom stereocenters. The Labute approximate surface area is 174 Å². The van der Waals surface area contributed by atoms with Crippen LogP contribution in [0.5, 0.6) is 0 Å². The summed E-state index contributed by atoms with van der Waals surface area (Å²) in [6, 6.07) is 12.0. The molecule has 0 aliphatic rings. The molecule has 0 fully saturated rings. The van der Waals surface area contributed by atoms with Gasteiger partial charge in [-0.25, -0.2) is 22.5 Å². The van der Waals surface area contributed by atoms with Crippen LogP contribution in [-0.2, 0) is 27.9 Å². The molecule has 1 heterocycles. The predicted octanol–water partition coefficient (Wildman–Crippen LogP) is 2.34. The molecule has 0 spiro atoms. The Bertz CT molecular complexity index is 1090. The molecule has 2 aromatic carbocycles. The minimum absolute atomic E-state index is 0.0984. The summed E-state index contributed by atoms with van der Waals surface area (Å²) in [7, 11) is -3.68. The summed E-state index contributed by atoms with van der Waals surface area (Å²) in [5, 5.41) is 3.96. The van der Waals surface area contributed by atoms with E-state index in [0.717, 1.165) is 0 Å². The fourth-order valence-corrected chi connectivity index (χ4v) is 3.96. The third-order valence-corrected chi connectivity index (χ3v) is 5.87. The van der Waals surface area contributed by atoms with Crippen LogP contribution in [0.3, 0.4) is 0 Å². The Morgan fingerprint density at radius 3 is 2.60 bits per heavy atom. The number of hydrogen-bond donors (Lipinski definition) is 1. The van der Waals surface area contributed by atoms with E-state index in [1.54, 1.807) is 35.3 Å². The van der Waals surface area contributed by atoms with Crippen LogP contribution in [0.4, 0.5) is 10.1 Å². The number of halogens is 1. The Kier molecular flexibility index (Phi) is 6.91. The van der Waals surface area contributed by atoms with E-state index in [1.807, 2.05) is 0 Å². The van der Waals surface area contributed by atoms with Gasteiger partial charge in [-0.2, -0.15) is 5.10 Å². The van der Waals surface area contributed by atoms with E-state index in [4.69, 9.17) is 0 Å². The molecule has 3 aromatic rings. The number of anilines is 1. The highest BCUT2D eigenvalue weighted by Gasteiger charge is 2.16. The maximum atomic E-state index is 13.4. The van der Waals surface area contributed by atoms with Crippen molar-refractivity contribution in [3.8, 4) is 0 Å². The lowest BCUT2D eigenvalue weighted by molar-refractivity contribution is -0.116. The quantitative estimate of drug-likeness (QED) is 0.525. The van der Waals surface area contributed by atoms with E-state index < -0.39 is 10.0 Å². The first kappa shape index (κ1) is 21.6. The van der Waals surface area contributed by atoms with Gasteiger partial charge in [-0.1, -0.05) is 12.1 Å². The molecule has 0 unspecified atom stereocenters. The van der Waals surface area contributed by atoms with Gasteiger partial charge in [0.05, 0.1) is 11.4 Å². The molecule has 158 valence electrons. The summed E-state index contributed by atoms with van der Waals surface area (Å²) in [5.41, 5.74) is 1.16. The van der Waals surface area contributed by atoms with Crippen molar-refractivity contribution < 1.29 is 17.6 Å². The van der Waals surface area contributed by atoms with Gasteiger partial charge in [0.25, 0.3) is 0 Å². The second kappa shape index (κ2) is 9.59. The SMILES string of the molecule is CC(=O)N(Cc1cccc(F)c1)c1ccc(S(=O)(=O)NCCCn2cncn2)cc1. The van der Waals surface area contributed by atoms with Crippen LogP contribution in [0.25, 0.3) is 0 Å². The highest BCUT2D eigenvalue weighted by molar-refractivity contribution is 7.89. The van der Waals surface area contributed by atoms with E-state index in [0.29, 0.717) is 24.2 Å². The molecule has 1 N–H and O–H groups in total. The lowest BCUT2D eigenvalue weighted by Crippen LogP contribution is -2.28. The first-order valence-corrected chi connectivity index (χ1v) is 10.8. The number of sulfonamides is 1. The molecule has 1 aromatic heterocycles. The summed E-state index contributed by atoms with van der Waals surface area (Å²) in [6.07, 6.45) is 3.55. The van der Waals surface area contributed by atoms with Gasteiger partial charge in [-0.3, -0.25) is 9.48 Å². The largest absolute Gasteiger partial charge is 0.308 e. The fourth-order valence-electron chi connectivity index (χ4n) is 2.89. The van der Waals surface area contributed by atoms with Crippen LogP contribution in [0.15, 0.2) is 66.1 Å². The number of nitrogens with zero attached hydrogens (tertiary/aromatic N) is 4. The van der Waals surface area contributed by atoms with Gasteiger partial charge in [-0.15, -0.1) is 0 Å². The van der Waals surface area contributed by atoms with Crippen LogP contribution in [0, 0.1) is 5.82 Å². The van der Waals surface area contributed by atoms with Crippen molar-refractivity contribution in [1.29, 1.82) is 0 Å². The van der Waals surface area contributed by atoms with Gasteiger partial charge in [0, 0.05) is 25.7 Å². The molecular weight excluding hydrogens is 409 g/mol. The van der Waals surface area contributed by atoms with Gasteiger partial charge in [0.15, 0.2) is 0 Å². The molecule has 10 heteroatoms. The summed E-state index contributed by atoms with van der Waals surface area (Å²) in [4.78, 5) is 17.5. The Morgan fingerprint density at radius 2 is 1.97 bits per heavy atom. The second-order valence-corrected chi connectivity index (χ2v) is 8.41. The Hall–Kier alpha value is -3.11. The summed E-state index contributed by atoms with van der Waals surface area (Å²) in [5.74, 6) is -0.617. The number of rotatable bonds is 9. The van der Waals surface area contributed by atoms with Crippen molar-refractivity contribution >= 4 is 21.6 Å². The molecule has 3 rings (SSSR count). The van der Waals surface area contributed by atoms with E-state index in [1.165, 1.54) is 42.4 Å². The monoisotopic (exact) mass is 431 g/mol. The van der Waals surface area contributed by atoms with Gasteiger partial charge in [-0.05, 0) is 48.4 Å². The number of carbonyl (C=O) groups excluding carboxylic acids is 1. The first-order valence-electron chi connectivity index (χ1n) is 9.30. The lowest BCUT2D eigenvalue weighted by Gasteiger charge is -2.21. The third-order valence-electron chi connectivity index (χ3n) is 4.39. The standard InChI is InChI=1S/C20H22FN5O3S/c1-16(27)26(13-17-4-2-5-18(21)12-17)19-6-8-20(9-7-19)30(28,29)24-10-3-11-25-15-22-14-23-25/h2,4-9,12,14-15,24H,3,10-11,13H2,1H3. The number of nitrogens with one attached hydrogen (secondary N) is 1. The number of benzene rings is 2. The van der Waals surface area contributed by atoms with E-state index in [2.05, 4.69) is 14.8 Å². The molecule has 1 amide bonds. The summed E-state index contributed by atoms with van der Waals surface area (Å²) in [6.45, 7) is 2.39. The highest BCUT2D eigenvalue weighted by atomic mass is 32.2. The zero-order valence-corrected chi connectivity index (χ0v) is 17.2. The van der Waals surface area contributed by atoms with E-state index in [-0.39, 0.29) is 29.7 Å². The molecule has 30 heavy (non-hydrogen) atoms. The maximum absolute atomic E-state index is 13.4. The molecule has 0 aliphatic carbocycles. The normalized spacial score (nSPS) is 11.4. The predicted molar refractivity (Wildman–Crippen MR) is 110 cm³/mol. The number of aryl methyl sites for hydroxylation is 1. The summed E-state index contributed by atoms with van der Waals surface area (Å²) >= 11 is 0. The van der Waals surface area contributed by atoms with Crippen molar-refractivity contribution in [1.82, 2.24) is 19.5 Å². The maximum Gasteiger partial charge on any atom is 0.240 e. The Morgan fingerprint density at radius 1 is 1.20 bits per heavy atom. The molecule has 0 bridgehead atoms. The van der Waals surface area contributed by atoms with Crippen LogP contribution < -0.4 is 9.62 Å². The van der Waals surface area contributed by atoms with Crippen molar-refractivity contribution in [2.24, 2.45) is 0 Å². The van der Waals surface area contributed by atoms with Crippen molar-refractivity contribution in [2.75, 3.05) is 11.4 Å². The number of amides is 1. The van der Waals surface area contributed by atoms with Crippen LogP contribution >= 0.6 is 0 Å². The molecule has 0 saturated carbocycles. The van der Waals surface area contributed by atoms with Gasteiger partial charge < -0.3 is 4.90 Å². The molecule has 0 saturated heterocycles. The number of carbonyl (C=O) groups is 1. The summed E-state index contributed by atoms with van der Waals surface area (Å²) < 4.78 is 42.5. The second-order valence-electron chi connectivity index (χ2n) is 6.64. The van der Waals surface area contributed by atoms with Crippen molar-refractivity contribution in [3.05, 3.63) is 72.6 Å². The number of hydrogen-bond acceptors (Lipinski definition) is 5. The van der Waals surface area contributed by atoms with Crippen LogP contribution in [0.1, 0.15) is 18.9 Å². The third kappa shape index (κ3) is 5.71. The minimum Gasteiger partial charge on any atom is -0.308 e. The lowest BCUT2D eigenvalue weighted by atomic mass is 10.2. The van der Waals surface area contributed by atoms with Crippen LogP contribution in [0.2, 0.25) is 0 Å². The fraction of sp³-hybridized carbons (Fsp3) is 0.250. The highest BCUT2D eigenvalue weighted by Crippen LogP contribution is 2.21. The zero-order valence-electron chi connectivity index (χ0n) is 16.4. The topological polar surface area (TPSA) is 97.2 Å². The smallest absolute Gasteiger partial charge is 0.240 e. The van der Waals surface area contributed by atoms with Crippen LogP contribution in [-0.4, -0.2) is 35.6 Å². The Balaban J connectivity index is 1.64. The average molecular weight is 431 g/mol.